The third kappa shape index (κ3) is 3.44. The molecule has 4 nitrogen and oxygen atoms in total. The first-order chi connectivity index (χ1) is 13.5. The number of nitrogens with zero attached hydrogens (tertiary/aromatic N) is 2. The van der Waals surface area contributed by atoms with Gasteiger partial charge in [0.05, 0.1) is 0 Å². The average molecular weight is 376 g/mol. The Labute approximate surface area is 167 Å². The summed E-state index contributed by atoms with van der Waals surface area (Å²) in [6.45, 7) is 7.34. The molecule has 2 heterocycles. The van der Waals surface area contributed by atoms with Crippen LogP contribution >= 0.6 is 0 Å². The lowest BCUT2D eigenvalue weighted by molar-refractivity contribution is -0.0538. The van der Waals surface area contributed by atoms with E-state index in [2.05, 4.69) is 54.5 Å². The van der Waals surface area contributed by atoms with E-state index >= 15 is 0 Å². The van der Waals surface area contributed by atoms with E-state index in [4.69, 9.17) is 0 Å². The average Bonchev–Trinajstić information content (AvgIpc) is 3.14. The molecule has 1 aromatic carbocycles. The molecule has 0 radical (unpaired) electrons. The molecule has 2 aromatic rings. The van der Waals surface area contributed by atoms with Crippen LogP contribution in [0.3, 0.4) is 0 Å². The van der Waals surface area contributed by atoms with Crippen molar-refractivity contribution in [2.75, 3.05) is 11.9 Å². The van der Waals surface area contributed by atoms with Gasteiger partial charge in [-0.25, -0.2) is 4.79 Å². The third-order valence-electron chi connectivity index (χ3n) is 6.21. The van der Waals surface area contributed by atoms with Crippen molar-refractivity contribution in [2.24, 2.45) is 11.3 Å². The SMILES string of the molecule is Cc1ccc(Cc2ccccn2)cc1NC(=O)N1CC2(CC=CC2)C1C(C)C. The maximum Gasteiger partial charge on any atom is 0.322 e. The van der Waals surface area contributed by atoms with Crippen molar-refractivity contribution in [3.05, 3.63) is 71.6 Å². The lowest BCUT2D eigenvalue weighted by atomic mass is 9.65. The smallest absolute Gasteiger partial charge is 0.320 e. The molecular weight excluding hydrogens is 346 g/mol. The molecule has 1 aliphatic carbocycles. The van der Waals surface area contributed by atoms with Crippen LogP contribution in [0.15, 0.2) is 54.7 Å². The maximum absolute atomic E-state index is 13.1. The molecule has 1 atom stereocenters. The molecule has 1 aliphatic heterocycles. The molecule has 1 fully saturated rings. The number of hydrogen-bond donors (Lipinski definition) is 1. The second kappa shape index (κ2) is 7.42. The zero-order valence-corrected chi connectivity index (χ0v) is 17.0. The Bertz CT molecular complexity index is 880. The number of likely N-dealkylation sites (tertiary alicyclic amines) is 1. The topological polar surface area (TPSA) is 45.2 Å². The predicted molar refractivity (Wildman–Crippen MR) is 113 cm³/mol. The highest BCUT2D eigenvalue weighted by Gasteiger charge is 2.55. The summed E-state index contributed by atoms with van der Waals surface area (Å²) < 4.78 is 0. The van der Waals surface area contributed by atoms with Crippen LogP contribution in [-0.2, 0) is 6.42 Å². The molecule has 1 unspecified atom stereocenters. The summed E-state index contributed by atoms with van der Waals surface area (Å²) in [6.07, 6.45) is 9.31. The molecule has 1 saturated heterocycles. The Kier molecular flexibility index (Phi) is 4.96. The molecule has 4 heteroatoms. The number of carbonyl (C=O) groups is 1. The number of aromatic nitrogens is 1. The van der Waals surface area contributed by atoms with Gasteiger partial charge in [0.15, 0.2) is 0 Å². The van der Waals surface area contributed by atoms with Crippen molar-refractivity contribution in [3.8, 4) is 0 Å². The number of pyridine rings is 1. The first kappa shape index (κ1) is 18.7. The quantitative estimate of drug-likeness (QED) is 0.748. The fourth-order valence-electron chi connectivity index (χ4n) is 4.92. The summed E-state index contributed by atoms with van der Waals surface area (Å²) in [4.78, 5) is 19.5. The van der Waals surface area contributed by atoms with Gasteiger partial charge in [-0.15, -0.1) is 0 Å². The van der Waals surface area contributed by atoms with E-state index in [1.165, 1.54) is 0 Å². The lowest BCUT2D eigenvalue weighted by Crippen LogP contribution is -2.68. The van der Waals surface area contributed by atoms with Gasteiger partial charge in [0.25, 0.3) is 0 Å². The van der Waals surface area contributed by atoms with E-state index < -0.39 is 0 Å². The second-order valence-electron chi connectivity index (χ2n) is 8.64. The van der Waals surface area contributed by atoms with Crippen LogP contribution in [0, 0.1) is 18.3 Å². The van der Waals surface area contributed by atoms with Gasteiger partial charge >= 0.3 is 6.03 Å². The highest BCUT2D eigenvalue weighted by atomic mass is 16.2. The predicted octanol–water partition coefficient (Wildman–Crippen LogP) is 5.19. The van der Waals surface area contributed by atoms with E-state index in [1.807, 2.05) is 36.2 Å². The number of urea groups is 1. The molecule has 0 saturated carbocycles. The van der Waals surface area contributed by atoms with Gasteiger partial charge in [0.2, 0.25) is 0 Å². The van der Waals surface area contributed by atoms with Crippen LogP contribution in [0.4, 0.5) is 10.5 Å². The number of hydrogen-bond acceptors (Lipinski definition) is 2. The number of nitrogens with one attached hydrogen (secondary N) is 1. The summed E-state index contributed by atoms with van der Waals surface area (Å²) in [5.41, 5.74) is 4.42. The minimum atomic E-state index is 0.0225. The van der Waals surface area contributed by atoms with E-state index in [0.717, 1.165) is 48.3 Å². The van der Waals surface area contributed by atoms with Crippen molar-refractivity contribution >= 4 is 11.7 Å². The molecule has 1 aromatic heterocycles. The number of aryl methyl sites for hydroxylation is 1. The standard InChI is InChI=1S/C24H29N3O/c1-17(2)22-24(11-5-6-12-24)16-27(22)23(28)26-21-15-19(10-9-18(21)3)14-20-8-4-7-13-25-20/h4-10,13,15,17,22H,11-12,14,16H2,1-3H3,(H,26,28). The fourth-order valence-corrected chi connectivity index (χ4v) is 4.92. The van der Waals surface area contributed by atoms with Crippen LogP contribution < -0.4 is 5.32 Å². The zero-order valence-electron chi connectivity index (χ0n) is 17.0. The molecule has 4 rings (SSSR count). The molecule has 2 amide bonds. The van der Waals surface area contributed by atoms with Crippen LogP contribution in [0.5, 0.6) is 0 Å². The lowest BCUT2D eigenvalue weighted by Gasteiger charge is -2.58. The maximum atomic E-state index is 13.1. The number of rotatable bonds is 4. The summed E-state index contributed by atoms with van der Waals surface area (Å²) in [7, 11) is 0. The third-order valence-corrected chi connectivity index (χ3v) is 6.21. The van der Waals surface area contributed by atoms with Crippen LogP contribution in [0.1, 0.15) is 43.5 Å². The van der Waals surface area contributed by atoms with Gasteiger partial charge in [-0.3, -0.25) is 4.98 Å². The Morgan fingerprint density at radius 1 is 1.25 bits per heavy atom. The normalized spacial score (nSPS) is 19.9. The number of benzene rings is 1. The van der Waals surface area contributed by atoms with E-state index in [0.29, 0.717) is 12.0 Å². The van der Waals surface area contributed by atoms with Crippen molar-refractivity contribution in [3.63, 3.8) is 0 Å². The summed E-state index contributed by atoms with van der Waals surface area (Å²) >= 11 is 0. The van der Waals surface area contributed by atoms with Gasteiger partial charge in [-0.1, -0.05) is 44.2 Å². The van der Waals surface area contributed by atoms with Crippen molar-refractivity contribution in [1.29, 1.82) is 0 Å². The Morgan fingerprint density at radius 3 is 2.71 bits per heavy atom. The zero-order chi connectivity index (χ0) is 19.7. The number of anilines is 1. The van der Waals surface area contributed by atoms with Gasteiger partial charge in [-0.2, -0.15) is 0 Å². The van der Waals surface area contributed by atoms with Crippen molar-refractivity contribution in [2.45, 2.75) is 46.1 Å². The van der Waals surface area contributed by atoms with Crippen LogP contribution in [0.25, 0.3) is 0 Å². The molecule has 146 valence electrons. The molecule has 28 heavy (non-hydrogen) atoms. The first-order valence-corrected chi connectivity index (χ1v) is 10.2. The highest BCUT2D eigenvalue weighted by molar-refractivity contribution is 5.91. The molecule has 1 spiro atoms. The fraction of sp³-hybridized carbons (Fsp3) is 0.417. The van der Waals surface area contributed by atoms with E-state index in [9.17, 15) is 4.79 Å². The summed E-state index contributed by atoms with van der Waals surface area (Å²) in [5, 5.41) is 3.18. The molecule has 1 N–H and O–H groups in total. The van der Waals surface area contributed by atoms with Gasteiger partial charge in [0.1, 0.15) is 0 Å². The second-order valence-corrected chi connectivity index (χ2v) is 8.64. The van der Waals surface area contributed by atoms with Gasteiger partial charge in [-0.05, 0) is 55.0 Å². The highest BCUT2D eigenvalue weighted by Crippen LogP contribution is 2.50. The van der Waals surface area contributed by atoms with Crippen molar-refractivity contribution < 1.29 is 4.79 Å². The Morgan fingerprint density at radius 2 is 2.04 bits per heavy atom. The monoisotopic (exact) mass is 375 g/mol. The Hall–Kier alpha value is -2.62. The number of allylic oxidation sites excluding steroid dienone is 2. The van der Waals surface area contributed by atoms with Crippen LogP contribution in [0.2, 0.25) is 0 Å². The first-order valence-electron chi connectivity index (χ1n) is 10.2. The minimum Gasteiger partial charge on any atom is -0.320 e. The van der Waals surface area contributed by atoms with Crippen LogP contribution in [-0.4, -0.2) is 28.5 Å². The largest absolute Gasteiger partial charge is 0.322 e. The molecule has 2 aliphatic rings. The molecule has 0 bridgehead atoms. The van der Waals surface area contributed by atoms with Gasteiger partial charge < -0.3 is 10.2 Å². The minimum absolute atomic E-state index is 0.0225. The molecular formula is C24H29N3O. The van der Waals surface area contributed by atoms with E-state index in [1.54, 1.807) is 0 Å². The van der Waals surface area contributed by atoms with Crippen molar-refractivity contribution in [1.82, 2.24) is 9.88 Å². The van der Waals surface area contributed by atoms with Gasteiger partial charge in [0, 0.05) is 42.0 Å². The summed E-state index contributed by atoms with van der Waals surface area (Å²) in [6, 6.07) is 12.6. The number of amides is 2. The number of carbonyl (C=O) groups excluding carboxylic acids is 1. The van der Waals surface area contributed by atoms with E-state index in [-0.39, 0.29) is 11.4 Å². The summed E-state index contributed by atoms with van der Waals surface area (Å²) in [5.74, 6) is 0.455. The Balaban J connectivity index is 1.48.